The zero-order valence-electron chi connectivity index (χ0n) is 16.5. The fraction of sp³-hybridized carbons (Fsp3) is 0.0952. The summed E-state index contributed by atoms with van der Waals surface area (Å²) >= 11 is 0.861. The van der Waals surface area contributed by atoms with Crippen LogP contribution in [-0.4, -0.2) is 26.4 Å². The van der Waals surface area contributed by atoms with E-state index in [-0.39, 0.29) is 21.2 Å². The van der Waals surface area contributed by atoms with Gasteiger partial charge in [0.2, 0.25) is 4.96 Å². The molecule has 2 N–H and O–H groups in total. The third-order valence-corrected chi connectivity index (χ3v) is 5.42. The summed E-state index contributed by atoms with van der Waals surface area (Å²) in [5, 5.41) is 9.49. The highest BCUT2D eigenvalue weighted by molar-refractivity contribution is 7.19. The maximum atomic E-state index is 13.2. The quantitative estimate of drug-likeness (QED) is 0.509. The molecule has 4 aromatic rings. The molecule has 31 heavy (non-hydrogen) atoms. The Morgan fingerprint density at radius 3 is 2.16 bits per heavy atom. The lowest BCUT2D eigenvalue weighted by Crippen LogP contribution is -2.23. The van der Waals surface area contributed by atoms with Gasteiger partial charge in [0.05, 0.1) is 0 Å². The van der Waals surface area contributed by atoms with Crippen LogP contribution in [0.25, 0.3) is 4.96 Å². The number of nitrogens with one attached hydrogen (secondary N) is 2. The summed E-state index contributed by atoms with van der Waals surface area (Å²) in [4.78, 5) is 42.0. The number of halogens is 1. The number of thiazole rings is 1. The van der Waals surface area contributed by atoms with Crippen LogP contribution in [0.15, 0.2) is 53.3 Å². The second-order valence-corrected chi connectivity index (χ2v) is 7.74. The highest BCUT2D eigenvalue weighted by Crippen LogP contribution is 2.24. The van der Waals surface area contributed by atoms with Gasteiger partial charge in [0, 0.05) is 11.4 Å². The molecule has 2 aromatic heterocycles. The first-order valence-corrected chi connectivity index (χ1v) is 9.99. The minimum atomic E-state index is -0.608. The number of anilines is 2. The van der Waals surface area contributed by atoms with E-state index in [2.05, 4.69) is 20.7 Å². The van der Waals surface area contributed by atoms with Crippen LogP contribution >= 0.6 is 11.3 Å². The Kier molecular flexibility index (Phi) is 5.30. The molecule has 0 fully saturated rings. The molecule has 2 amide bonds. The van der Waals surface area contributed by atoms with Gasteiger partial charge in [-0.3, -0.25) is 14.4 Å². The molecular weight excluding hydrogens is 421 g/mol. The van der Waals surface area contributed by atoms with Gasteiger partial charge >= 0.3 is 0 Å². The third kappa shape index (κ3) is 4.19. The zero-order chi connectivity index (χ0) is 22.1. The van der Waals surface area contributed by atoms with E-state index in [1.807, 2.05) is 19.1 Å². The molecule has 2 heterocycles. The molecule has 0 bridgehead atoms. The van der Waals surface area contributed by atoms with Crippen LogP contribution in [0.5, 0.6) is 0 Å². The lowest BCUT2D eigenvalue weighted by Gasteiger charge is -2.08. The topological polar surface area (TPSA) is 105 Å². The maximum absolute atomic E-state index is 13.2. The molecule has 0 aliphatic heterocycles. The summed E-state index contributed by atoms with van der Waals surface area (Å²) in [6.07, 6.45) is 0. The lowest BCUT2D eigenvalue weighted by molar-refractivity contribution is 0.0988. The Hall–Kier alpha value is -3.92. The van der Waals surface area contributed by atoms with Gasteiger partial charge in [0.1, 0.15) is 16.4 Å². The number of rotatable bonds is 4. The predicted molar refractivity (Wildman–Crippen MR) is 115 cm³/mol. The highest BCUT2D eigenvalue weighted by Gasteiger charge is 2.26. The van der Waals surface area contributed by atoms with Gasteiger partial charge in [0.15, 0.2) is 5.69 Å². The van der Waals surface area contributed by atoms with Crippen molar-refractivity contribution in [3.63, 3.8) is 0 Å². The van der Waals surface area contributed by atoms with E-state index in [0.29, 0.717) is 11.4 Å². The van der Waals surface area contributed by atoms with Gasteiger partial charge in [-0.05, 0) is 50.2 Å². The molecule has 0 saturated carbocycles. The maximum Gasteiger partial charge on any atom is 0.295 e. The van der Waals surface area contributed by atoms with E-state index in [9.17, 15) is 18.8 Å². The standard InChI is InChI=1S/C21H16FN5O3S/c1-11-3-7-14(8-4-11)23-19(29)16-17(20(30)24-15-9-5-13(22)6-10-15)31-21-25-18(28)12(2)26-27(16)21/h3-10H,1-2H3,(H,23,29)(H,24,30). The first-order valence-electron chi connectivity index (χ1n) is 9.17. The minimum absolute atomic E-state index is 0.0129. The van der Waals surface area contributed by atoms with Gasteiger partial charge in [-0.25, -0.2) is 4.39 Å². The molecule has 2 aromatic carbocycles. The van der Waals surface area contributed by atoms with Gasteiger partial charge < -0.3 is 10.6 Å². The van der Waals surface area contributed by atoms with Gasteiger partial charge in [-0.15, -0.1) is 0 Å². The summed E-state index contributed by atoms with van der Waals surface area (Å²) in [5.74, 6) is -1.64. The van der Waals surface area contributed by atoms with E-state index >= 15 is 0 Å². The number of aryl methyl sites for hydroxylation is 2. The average Bonchev–Trinajstić information content (AvgIpc) is 3.10. The summed E-state index contributed by atoms with van der Waals surface area (Å²) < 4.78 is 14.3. The number of hydrogen-bond acceptors (Lipinski definition) is 6. The van der Waals surface area contributed by atoms with Crippen molar-refractivity contribution in [2.75, 3.05) is 10.6 Å². The monoisotopic (exact) mass is 437 g/mol. The van der Waals surface area contributed by atoms with E-state index < -0.39 is 23.2 Å². The molecule has 10 heteroatoms. The second kappa shape index (κ2) is 8.07. The highest BCUT2D eigenvalue weighted by atomic mass is 32.1. The van der Waals surface area contributed by atoms with Crippen molar-refractivity contribution >= 4 is 39.5 Å². The van der Waals surface area contributed by atoms with Crippen LogP contribution in [0.4, 0.5) is 15.8 Å². The zero-order valence-corrected chi connectivity index (χ0v) is 17.3. The number of hydrogen-bond donors (Lipinski definition) is 2. The van der Waals surface area contributed by atoms with E-state index in [1.54, 1.807) is 12.1 Å². The summed E-state index contributed by atoms with van der Waals surface area (Å²) in [6.45, 7) is 3.39. The van der Waals surface area contributed by atoms with Crippen LogP contribution < -0.4 is 16.2 Å². The Morgan fingerprint density at radius 2 is 1.52 bits per heavy atom. The number of carbonyl (C=O) groups excluding carboxylic acids is 2. The third-order valence-electron chi connectivity index (χ3n) is 4.39. The number of fused-ring (bicyclic) bond motifs is 1. The van der Waals surface area contributed by atoms with Crippen LogP contribution in [0.1, 0.15) is 31.4 Å². The van der Waals surface area contributed by atoms with Crippen molar-refractivity contribution in [2.24, 2.45) is 0 Å². The van der Waals surface area contributed by atoms with E-state index in [1.165, 1.54) is 35.7 Å². The largest absolute Gasteiger partial charge is 0.321 e. The molecule has 0 aliphatic carbocycles. The number of nitrogens with zero attached hydrogens (tertiary/aromatic N) is 3. The molecular formula is C21H16FN5O3S. The van der Waals surface area contributed by atoms with Gasteiger partial charge in [-0.1, -0.05) is 29.0 Å². The average molecular weight is 437 g/mol. The van der Waals surface area contributed by atoms with Crippen LogP contribution in [-0.2, 0) is 0 Å². The molecule has 0 aliphatic rings. The van der Waals surface area contributed by atoms with E-state index in [0.717, 1.165) is 16.9 Å². The van der Waals surface area contributed by atoms with Crippen molar-refractivity contribution in [1.82, 2.24) is 14.6 Å². The summed E-state index contributed by atoms with van der Waals surface area (Å²) in [6, 6.07) is 12.3. The molecule has 0 atom stereocenters. The van der Waals surface area contributed by atoms with Crippen LogP contribution in [0, 0.1) is 19.7 Å². The molecule has 0 saturated heterocycles. The summed E-state index contributed by atoms with van der Waals surface area (Å²) in [5.41, 5.74) is 1.39. The second-order valence-electron chi connectivity index (χ2n) is 6.76. The van der Waals surface area contributed by atoms with Crippen molar-refractivity contribution in [3.05, 3.63) is 86.5 Å². The number of benzene rings is 2. The fourth-order valence-electron chi connectivity index (χ4n) is 2.80. The van der Waals surface area contributed by atoms with Gasteiger partial charge in [0.25, 0.3) is 17.4 Å². The molecule has 0 spiro atoms. The smallest absolute Gasteiger partial charge is 0.295 e. The van der Waals surface area contributed by atoms with Crippen molar-refractivity contribution < 1.29 is 14.0 Å². The number of aromatic nitrogens is 3. The Morgan fingerprint density at radius 1 is 0.935 bits per heavy atom. The van der Waals surface area contributed by atoms with Crippen molar-refractivity contribution in [1.29, 1.82) is 0 Å². The van der Waals surface area contributed by atoms with Crippen molar-refractivity contribution in [3.8, 4) is 0 Å². The Balaban J connectivity index is 1.77. The minimum Gasteiger partial charge on any atom is -0.321 e. The lowest BCUT2D eigenvalue weighted by atomic mass is 10.2. The molecule has 4 rings (SSSR count). The normalized spacial score (nSPS) is 10.8. The van der Waals surface area contributed by atoms with E-state index in [4.69, 9.17) is 0 Å². The molecule has 156 valence electrons. The fourth-order valence-corrected chi connectivity index (χ4v) is 3.75. The summed E-state index contributed by atoms with van der Waals surface area (Å²) in [7, 11) is 0. The molecule has 0 unspecified atom stereocenters. The van der Waals surface area contributed by atoms with Gasteiger partial charge in [-0.2, -0.15) is 14.6 Å². The molecule has 8 nitrogen and oxygen atoms in total. The van der Waals surface area contributed by atoms with Crippen LogP contribution in [0.3, 0.4) is 0 Å². The van der Waals surface area contributed by atoms with Crippen LogP contribution in [0.2, 0.25) is 0 Å². The predicted octanol–water partition coefficient (Wildman–Crippen LogP) is 3.41. The Labute approximate surface area is 179 Å². The number of carbonyl (C=O) groups is 2. The number of amides is 2. The first-order chi connectivity index (χ1) is 14.8. The van der Waals surface area contributed by atoms with Crippen molar-refractivity contribution in [2.45, 2.75) is 13.8 Å². The first kappa shape index (κ1) is 20.4. The Bertz CT molecular complexity index is 1360. The SMILES string of the molecule is Cc1ccc(NC(=O)c2c(C(=O)Nc3ccc(F)cc3)sc3nc(=O)c(C)nn23)cc1. The molecule has 0 radical (unpaired) electrons.